The second-order valence-electron chi connectivity index (χ2n) is 3.26. The third kappa shape index (κ3) is 1.61. The first-order valence-electron chi connectivity index (χ1n) is 4.35. The van der Waals surface area contributed by atoms with Gasteiger partial charge in [-0.05, 0) is 24.6 Å². The molecule has 0 saturated carbocycles. The molecule has 2 rings (SSSR count). The molecule has 0 spiro atoms. The quantitative estimate of drug-likeness (QED) is 0.558. The fourth-order valence-electron chi connectivity index (χ4n) is 1.46. The van der Waals surface area contributed by atoms with Crippen LogP contribution in [-0.2, 0) is 0 Å². The van der Waals surface area contributed by atoms with Gasteiger partial charge in [0.25, 0.3) is 0 Å². The van der Waals surface area contributed by atoms with Gasteiger partial charge in [0.15, 0.2) is 5.82 Å². The lowest BCUT2D eigenvalue weighted by molar-refractivity contribution is 0.590. The maximum atomic E-state index is 13.3. The van der Waals surface area contributed by atoms with Crippen molar-refractivity contribution in [2.75, 3.05) is 5.43 Å². The Bertz CT molecular complexity index is 526. The number of hydrogen-bond donors (Lipinski definition) is 2. The number of nitrogens with two attached hydrogens (primary N) is 1. The molecule has 0 amide bonds. The highest BCUT2D eigenvalue weighted by Crippen LogP contribution is 2.22. The number of hydrogen-bond acceptors (Lipinski definition) is 3. The number of aryl methyl sites for hydroxylation is 1. The summed E-state index contributed by atoms with van der Waals surface area (Å²) in [6, 6.07) is 3.66. The summed E-state index contributed by atoms with van der Waals surface area (Å²) in [5.41, 5.74) is 3.20. The maximum absolute atomic E-state index is 13.3. The zero-order chi connectivity index (χ0) is 11.0. The van der Waals surface area contributed by atoms with Gasteiger partial charge < -0.3 is 5.43 Å². The van der Waals surface area contributed by atoms with E-state index in [1.807, 2.05) is 0 Å². The zero-order valence-electron chi connectivity index (χ0n) is 8.01. The van der Waals surface area contributed by atoms with E-state index in [9.17, 15) is 8.78 Å². The molecule has 1 aromatic carbocycles. The predicted octanol–water partition coefficient (Wildman–Crippen LogP) is 2.11. The average Bonchev–Trinajstić information content (AvgIpc) is 2.16. The van der Waals surface area contributed by atoms with Crippen LogP contribution in [0.15, 0.2) is 18.2 Å². The third-order valence-corrected chi connectivity index (χ3v) is 2.16. The second kappa shape index (κ2) is 3.43. The molecule has 0 unspecified atom stereocenters. The molecule has 0 saturated heterocycles. The van der Waals surface area contributed by atoms with Crippen LogP contribution in [0.2, 0.25) is 0 Å². The van der Waals surface area contributed by atoms with Gasteiger partial charge in [0.1, 0.15) is 17.2 Å². The highest BCUT2D eigenvalue weighted by molar-refractivity contribution is 5.82. The van der Waals surface area contributed by atoms with Crippen LogP contribution >= 0.6 is 0 Å². The van der Waals surface area contributed by atoms with Crippen molar-refractivity contribution in [1.82, 2.24) is 4.98 Å². The molecule has 0 atom stereocenters. The van der Waals surface area contributed by atoms with E-state index < -0.39 is 11.6 Å². The summed E-state index contributed by atoms with van der Waals surface area (Å²) in [6.45, 7) is 1.75. The SMILES string of the molecule is Cc1cc2cc(F)cc(F)c2nc1NN. The van der Waals surface area contributed by atoms with Gasteiger partial charge in [0, 0.05) is 11.5 Å². The largest absolute Gasteiger partial charge is 0.308 e. The molecule has 1 heterocycles. The molecule has 0 aliphatic carbocycles. The van der Waals surface area contributed by atoms with Gasteiger partial charge in [0.2, 0.25) is 0 Å². The molecular formula is C10H9F2N3. The smallest absolute Gasteiger partial charge is 0.152 e. The summed E-state index contributed by atoms with van der Waals surface area (Å²) < 4.78 is 26.2. The Morgan fingerprint density at radius 2 is 2.00 bits per heavy atom. The van der Waals surface area contributed by atoms with Crippen molar-refractivity contribution < 1.29 is 8.78 Å². The summed E-state index contributed by atoms with van der Waals surface area (Å²) in [4.78, 5) is 3.96. The van der Waals surface area contributed by atoms with Crippen molar-refractivity contribution in [1.29, 1.82) is 0 Å². The van der Waals surface area contributed by atoms with Crippen LogP contribution in [0, 0.1) is 18.6 Å². The summed E-state index contributed by atoms with van der Waals surface area (Å²) >= 11 is 0. The molecule has 78 valence electrons. The van der Waals surface area contributed by atoms with Crippen molar-refractivity contribution in [2.24, 2.45) is 5.84 Å². The van der Waals surface area contributed by atoms with E-state index in [0.717, 1.165) is 11.6 Å². The minimum absolute atomic E-state index is 0.106. The van der Waals surface area contributed by atoms with Gasteiger partial charge >= 0.3 is 0 Å². The number of rotatable bonds is 1. The van der Waals surface area contributed by atoms with E-state index in [4.69, 9.17) is 5.84 Å². The highest BCUT2D eigenvalue weighted by atomic mass is 19.1. The topological polar surface area (TPSA) is 50.9 Å². The molecule has 15 heavy (non-hydrogen) atoms. The van der Waals surface area contributed by atoms with Crippen molar-refractivity contribution in [2.45, 2.75) is 6.92 Å². The summed E-state index contributed by atoms with van der Waals surface area (Å²) in [5.74, 6) is 4.29. The van der Waals surface area contributed by atoms with Crippen LogP contribution in [0.4, 0.5) is 14.6 Å². The first kappa shape index (κ1) is 9.79. The summed E-state index contributed by atoms with van der Waals surface area (Å²) in [5, 5.41) is 0.420. The average molecular weight is 209 g/mol. The minimum atomic E-state index is -0.693. The molecule has 0 aliphatic rings. The van der Waals surface area contributed by atoms with E-state index in [0.29, 0.717) is 11.2 Å². The number of halogens is 2. The lowest BCUT2D eigenvalue weighted by Gasteiger charge is -2.06. The standard InChI is InChI=1S/C10H9F2N3/c1-5-2-6-3-7(11)4-8(12)9(6)14-10(5)15-13/h2-4H,13H2,1H3,(H,14,15). The second-order valence-corrected chi connectivity index (χ2v) is 3.26. The van der Waals surface area contributed by atoms with Crippen LogP contribution < -0.4 is 11.3 Å². The minimum Gasteiger partial charge on any atom is -0.308 e. The Hall–Kier alpha value is -1.75. The van der Waals surface area contributed by atoms with E-state index in [-0.39, 0.29) is 5.52 Å². The van der Waals surface area contributed by atoms with Gasteiger partial charge in [-0.3, -0.25) is 0 Å². The molecule has 2 aromatic rings. The molecule has 0 bridgehead atoms. The number of benzene rings is 1. The zero-order valence-corrected chi connectivity index (χ0v) is 8.01. The first-order valence-corrected chi connectivity index (χ1v) is 4.35. The first-order chi connectivity index (χ1) is 7.11. The molecule has 3 nitrogen and oxygen atoms in total. The fraction of sp³-hybridized carbons (Fsp3) is 0.100. The normalized spacial score (nSPS) is 10.7. The Morgan fingerprint density at radius 1 is 1.27 bits per heavy atom. The van der Waals surface area contributed by atoms with Gasteiger partial charge in [-0.25, -0.2) is 19.6 Å². The van der Waals surface area contributed by atoms with E-state index in [1.165, 1.54) is 6.07 Å². The van der Waals surface area contributed by atoms with E-state index >= 15 is 0 Å². The van der Waals surface area contributed by atoms with Gasteiger partial charge in [0.05, 0.1) is 0 Å². The predicted molar refractivity (Wildman–Crippen MR) is 54.2 cm³/mol. The van der Waals surface area contributed by atoms with Crippen LogP contribution in [0.5, 0.6) is 0 Å². The molecule has 3 N–H and O–H groups in total. The van der Waals surface area contributed by atoms with Crippen LogP contribution in [-0.4, -0.2) is 4.98 Å². The summed E-state index contributed by atoms with van der Waals surface area (Å²) in [7, 11) is 0. The van der Waals surface area contributed by atoms with Gasteiger partial charge in [-0.2, -0.15) is 0 Å². The van der Waals surface area contributed by atoms with Crippen molar-refractivity contribution in [3.63, 3.8) is 0 Å². The lowest BCUT2D eigenvalue weighted by Crippen LogP contribution is -2.10. The van der Waals surface area contributed by atoms with E-state index in [2.05, 4.69) is 10.4 Å². The number of anilines is 1. The molecule has 0 fully saturated rings. The summed E-state index contributed by atoms with van der Waals surface area (Å²) in [6.07, 6.45) is 0. The number of aromatic nitrogens is 1. The fourth-order valence-corrected chi connectivity index (χ4v) is 1.46. The molecule has 5 heteroatoms. The Balaban J connectivity index is 2.81. The number of fused-ring (bicyclic) bond motifs is 1. The highest BCUT2D eigenvalue weighted by Gasteiger charge is 2.08. The number of nitrogens with one attached hydrogen (secondary N) is 1. The number of nitrogens with zero attached hydrogens (tertiary/aromatic N) is 1. The van der Waals surface area contributed by atoms with Crippen molar-refractivity contribution in [3.8, 4) is 0 Å². The molecule has 0 radical (unpaired) electrons. The number of pyridine rings is 1. The van der Waals surface area contributed by atoms with Gasteiger partial charge in [-0.15, -0.1) is 0 Å². The molecule has 1 aromatic heterocycles. The monoisotopic (exact) mass is 209 g/mol. The van der Waals surface area contributed by atoms with Gasteiger partial charge in [-0.1, -0.05) is 0 Å². The third-order valence-electron chi connectivity index (χ3n) is 2.16. The van der Waals surface area contributed by atoms with Crippen molar-refractivity contribution in [3.05, 3.63) is 35.4 Å². The Morgan fingerprint density at radius 3 is 2.67 bits per heavy atom. The number of nitrogen functional groups attached to an aromatic ring is 1. The Labute approximate surface area is 84.9 Å². The maximum Gasteiger partial charge on any atom is 0.152 e. The van der Waals surface area contributed by atoms with Crippen LogP contribution in [0.25, 0.3) is 10.9 Å². The molecule has 0 aliphatic heterocycles. The number of hydrazine groups is 1. The van der Waals surface area contributed by atoms with Crippen LogP contribution in [0.1, 0.15) is 5.56 Å². The van der Waals surface area contributed by atoms with Crippen molar-refractivity contribution >= 4 is 16.7 Å². The van der Waals surface area contributed by atoms with E-state index in [1.54, 1.807) is 13.0 Å². The Kier molecular flexibility index (Phi) is 2.24. The lowest BCUT2D eigenvalue weighted by atomic mass is 10.1. The van der Waals surface area contributed by atoms with Crippen LogP contribution in [0.3, 0.4) is 0 Å². The molecular weight excluding hydrogens is 200 g/mol.